The number of rotatable bonds is 3. The smallest absolute Gasteiger partial charge is 0.259 e. The van der Waals surface area contributed by atoms with Crippen LogP contribution >= 0.6 is 0 Å². The summed E-state index contributed by atoms with van der Waals surface area (Å²) < 4.78 is 18.2. The molecule has 4 heterocycles. The summed E-state index contributed by atoms with van der Waals surface area (Å²) in [6, 6.07) is 15.0. The molecule has 8 heteroatoms. The lowest BCUT2D eigenvalue weighted by atomic mass is 9.84. The van der Waals surface area contributed by atoms with E-state index in [0.29, 0.717) is 34.9 Å². The molecular weight excluding hydrogens is 396 g/mol. The molecule has 154 valence electrons. The van der Waals surface area contributed by atoms with Crippen molar-refractivity contribution in [2.24, 2.45) is 5.73 Å². The van der Waals surface area contributed by atoms with Gasteiger partial charge < -0.3 is 24.5 Å². The van der Waals surface area contributed by atoms with E-state index in [9.17, 15) is 10.1 Å². The Morgan fingerprint density at radius 2 is 2.03 bits per heavy atom. The number of aromatic nitrogens is 2. The second kappa shape index (κ2) is 7.22. The highest BCUT2D eigenvalue weighted by molar-refractivity contribution is 5.57. The van der Waals surface area contributed by atoms with Crippen molar-refractivity contribution in [1.82, 2.24) is 4.57 Å². The highest BCUT2D eigenvalue weighted by Gasteiger charge is 2.35. The van der Waals surface area contributed by atoms with E-state index in [-0.39, 0.29) is 23.8 Å². The van der Waals surface area contributed by atoms with Crippen molar-refractivity contribution in [3.05, 3.63) is 93.0 Å². The fourth-order valence-electron chi connectivity index (χ4n) is 4.01. The van der Waals surface area contributed by atoms with Crippen molar-refractivity contribution >= 4 is 0 Å². The number of aryl methyl sites for hydroxylation is 1. The summed E-state index contributed by atoms with van der Waals surface area (Å²) in [6.07, 6.45) is 1.81. The van der Waals surface area contributed by atoms with Crippen LogP contribution < -0.4 is 30.5 Å². The number of H-pyrrole nitrogens is 1. The van der Waals surface area contributed by atoms with Gasteiger partial charge in [0, 0.05) is 23.9 Å². The first-order valence-electron chi connectivity index (χ1n) is 9.74. The molecule has 2 aromatic heterocycles. The van der Waals surface area contributed by atoms with Crippen LogP contribution in [0.4, 0.5) is 0 Å². The molecule has 1 atom stereocenters. The average molecular weight is 415 g/mol. The van der Waals surface area contributed by atoms with Gasteiger partial charge in [-0.15, -0.1) is 0 Å². The molecule has 0 aliphatic carbocycles. The summed E-state index contributed by atoms with van der Waals surface area (Å²) in [5.41, 5.74) is 8.68. The maximum atomic E-state index is 13.7. The molecule has 8 nitrogen and oxygen atoms in total. The van der Waals surface area contributed by atoms with Crippen LogP contribution in [0.1, 0.15) is 28.4 Å². The fourth-order valence-corrected chi connectivity index (χ4v) is 4.01. The Bertz CT molecular complexity index is 1320. The minimum absolute atomic E-state index is 0.00869. The number of nitrogens with one attached hydrogen (secondary N) is 1. The minimum atomic E-state index is -0.678. The first kappa shape index (κ1) is 18.8. The van der Waals surface area contributed by atoms with Crippen molar-refractivity contribution in [3.63, 3.8) is 0 Å². The number of aromatic amines is 1. The van der Waals surface area contributed by atoms with E-state index in [1.54, 1.807) is 22.8 Å². The van der Waals surface area contributed by atoms with E-state index in [4.69, 9.17) is 19.9 Å². The number of nitriles is 1. The molecule has 2 aliphatic rings. The monoisotopic (exact) mass is 415 g/mol. The molecule has 5 rings (SSSR count). The maximum absolute atomic E-state index is 13.7. The Hall–Kier alpha value is -4.25. The van der Waals surface area contributed by atoms with E-state index in [1.165, 1.54) is 0 Å². The van der Waals surface area contributed by atoms with E-state index in [0.717, 1.165) is 11.4 Å². The lowest BCUT2D eigenvalue weighted by Gasteiger charge is -2.27. The van der Waals surface area contributed by atoms with Crippen LogP contribution in [-0.4, -0.2) is 11.4 Å². The molecule has 0 spiro atoms. The third kappa shape index (κ3) is 3.07. The SMILES string of the molecule is Cc1cc2c(c(=O)n1Cc1cccc[nH+]1)C(c1ccc3c(c1)OCO3)C(C#N)=C(N)O2. The number of allylic oxidation sites excluding steroid dienone is 1. The molecule has 0 saturated carbocycles. The Morgan fingerprint density at radius 1 is 1.19 bits per heavy atom. The van der Waals surface area contributed by atoms with Crippen molar-refractivity contribution in [2.75, 3.05) is 6.79 Å². The number of nitrogens with zero attached hydrogens (tertiary/aromatic N) is 2. The van der Waals surface area contributed by atoms with Gasteiger partial charge in [-0.25, -0.2) is 4.98 Å². The highest BCUT2D eigenvalue weighted by Crippen LogP contribution is 2.43. The largest absolute Gasteiger partial charge is 0.454 e. The average Bonchev–Trinajstić information content (AvgIpc) is 3.24. The molecule has 1 unspecified atom stereocenters. The van der Waals surface area contributed by atoms with Gasteiger partial charge in [0.05, 0.1) is 11.5 Å². The zero-order chi connectivity index (χ0) is 21.5. The van der Waals surface area contributed by atoms with Crippen LogP contribution in [-0.2, 0) is 6.54 Å². The van der Waals surface area contributed by atoms with E-state index < -0.39 is 5.92 Å². The van der Waals surface area contributed by atoms with Crippen molar-refractivity contribution in [3.8, 4) is 23.3 Å². The summed E-state index contributed by atoms with van der Waals surface area (Å²) in [5.74, 6) is 0.850. The van der Waals surface area contributed by atoms with Gasteiger partial charge >= 0.3 is 0 Å². The molecule has 31 heavy (non-hydrogen) atoms. The lowest BCUT2D eigenvalue weighted by Crippen LogP contribution is -2.33. The quantitative estimate of drug-likeness (QED) is 0.700. The number of hydrogen-bond acceptors (Lipinski definition) is 6. The fraction of sp³-hybridized carbons (Fsp3) is 0.174. The second-order valence-electron chi connectivity index (χ2n) is 7.38. The first-order valence-corrected chi connectivity index (χ1v) is 9.74. The van der Waals surface area contributed by atoms with Crippen LogP contribution in [0.5, 0.6) is 17.2 Å². The predicted molar refractivity (Wildman–Crippen MR) is 109 cm³/mol. The van der Waals surface area contributed by atoms with Crippen LogP contribution in [0.15, 0.2) is 64.9 Å². The van der Waals surface area contributed by atoms with Crippen molar-refractivity contribution in [2.45, 2.75) is 19.4 Å². The summed E-state index contributed by atoms with van der Waals surface area (Å²) in [4.78, 5) is 16.8. The third-order valence-electron chi connectivity index (χ3n) is 5.52. The summed E-state index contributed by atoms with van der Waals surface area (Å²) in [6.45, 7) is 2.32. The number of benzene rings is 1. The van der Waals surface area contributed by atoms with Crippen LogP contribution in [0.25, 0.3) is 0 Å². The molecule has 3 aromatic rings. The molecule has 0 fully saturated rings. The first-order chi connectivity index (χ1) is 15.1. The molecular formula is C23H19N4O4+. The van der Waals surface area contributed by atoms with Crippen molar-refractivity contribution < 1.29 is 19.2 Å². The van der Waals surface area contributed by atoms with Crippen LogP contribution in [0.2, 0.25) is 0 Å². The number of nitrogens with two attached hydrogens (primary N) is 1. The molecule has 2 aliphatic heterocycles. The van der Waals surface area contributed by atoms with Gasteiger partial charge in [-0.2, -0.15) is 5.26 Å². The molecule has 1 aromatic carbocycles. The van der Waals surface area contributed by atoms with Gasteiger partial charge in [0.15, 0.2) is 23.4 Å². The Morgan fingerprint density at radius 3 is 2.81 bits per heavy atom. The Kier molecular flexibility index (Phi) is 4.37. The molecule has 0 bridgehead atoms. The van der Waals surface area contributed by atoms with Crippen molar-refractivity contribution in [1.29, 1.82) is 5.26 Å². The van der Waals surface area contributed by atoms with E-state index in [2.05, 4.69) is 11.1 Å². The van der Waals surface area contributed by atoms with Gasteiger partial charge in [-0.05, 0) is 24.6 Å². The normalized spacial score (nSPS) is 16.5. The number of hydrogen-bond donors (Lipinski definition) is 1. The topological polar surface area (TPSA) is 114 Å². The summed E-state index contributed by atoms with van der Waals surface area (Å²) in [5, 5.41) is 9.82. The highest BCUT2D eigenvalue weighted by atomic mass is 16.7. The van der Waals surface area contributed by atoms with Gasteiger partial charge in [0.1, 0.15) is 23.9 Å². The maximum Gasteiger partial charge on any atom is 0.259 e. The molecule has 0 saturated heterocycles. The number of ether oxygens (including phenoxy) is 3. The molecule has 3 N–H and O–H groups in total. The summed E-state index contributed by atoms with van der Waals surface area (Å²) in [7, 11) is 0. The zero-order valence-corrected chi connectivity index (χ0v) is 16.7. The minimum Gasteiger partial charge on any atom is -0.454 e. The zero-order valence-electron chi connectivity index (χ0n) is 16.7. The molecule has 0 amide bonds. The van der Waals surface area contributed by atoms with Gasteiger partial charge in [0.2, 0.25) is 12.7 Å². The number of pyridine rings is 2. The van der Waals surface area contributed by atoms with Gasteiger partial charge in [-0.1, -0.05) is 12.1 Å². The second-order valence-corrected chi connectivity index (χ2v) is 7.38. The van der Waals surface area contributed by atoms with Crippen LogP contribution in [0.3, 0.4) is 0 Å². The number of fused-ring (bicyclic) bond motifs is 2. The predicted octanol–water partition coefficient (Wildman–Crippen LogP) is 1.97. The standard InChI is InChI=1S/C23H18N4O4/c1-13-8-19-21(23(28)27(13)11-15-4-2-3-7-26-15)20(16(10-24)22(25)31-19)14-5-6-17-18(9-14)30-12-29-17/h2-9,20H,11-12,25H2,1H3/p+1. The van der Waals surface area contributed by atoms with Crippen LogP contribution in [0, 0.1) is 18.3 Å². The Labute approximate surface area is 177 Å². The third-order valence-corrected chi connectivity index (χ3v) is 5.52. The van der Waals surface area contributed by atoms with E-state index >= 15 is 0 Å². The Balaban J connectivity index is 1.70. The van der Waals surface area contributed by atoms with Gasteiger partial charge in [0.25, 0.3) is 5.56 Å². The van der Waals surface area contributed by atoms with E-state index in [1.807, 2.05) is 37.4 Å². The lowest BCUT2D eigenvalue weighted by molar-refractivity contribution is -0.390. The molecule has 0 radical (unpaired) electrons. The summed E-state index contributed by atoms with van der Waals surface area (Å²) >= 11 is 0. The van der Waals surface area contributed by atoms with Gasteiger partial charge in [-0.3, -0.25) is 4.79 Å².